The Balaban J connectivity index is 1.02. The second kappa shape index (κ2) is 15.5. The second-order valence-electron chi connectivity index (χ2n) is 20.5. The summed E-state index contributed by atoms with van der Waals surface area (Å²) in [6, 6.07) is 95.8. The lowest BCUT2D eigenvalue weighted by atomic mass is 9.67. The zero-order chi connectivity index (χ0) is 47.5. The van der Waals surface area contributed by atoms with Crippen LogP contribution in [0.1, 0.15) is 70.8 Å². The minimum absolute atomic E-state index is 0.220. The first-order valence-electron chi connectivity index (χ1n) is 25.1. The van der Waals surface area contributed by atoms with Crippen molar-refractivity contribution in [3.05, 3.63) is 305 Å². The molecular weight excluding hydrogens is 855 g/mol. The highest BCUT2D eigenvalue weighted by Gasteiger charge is 2.47. The molecule has 11 aromatic carbocycles. The summed E-state index contributed by atoms with van der Waals surface area (Å²) in [5, 5.41) is 2.58. The molecule has 0 radical (unpaired) electrons. The van der Waals surface area contributed by atoms with E-state index in [-0.39, 0.29) is 10.8 Å². The molecule has 1 unspecified atom stereocenters. The van der Waals surface area contributed by atoms with E-state index in [0.717, 1.165) is 17.1 Å². The second-order valence-corrected chi connectivity index (χ2v) is 20.5. The molecule has 336 valence electrons. The molecule has 0 heterocycles. The normalized spacial score (nSPS) is 16.1. The molecule has 0 aromatic heterocycles. The van der Waals surface area contributed by atoms with Gasteiger partial charge in [-0.15, -0.1) is 0 Å². The lowest BCUT2D eigenvalue weighted by Gasteiger charge is -2.35. The van der Waals surface area contributed by atoms with E-state index >= 15 is 0 Å². The predicted octanol–water partition coefficient (Wildman–Crippen LogP) is 18.0. The van der Waals surface area contributed by atoms with Crippen LogP contribution in [0.15, 0.2) is 255 Å². The number of para-hydroxylation sites is 1. The SMILES string of the molecule is CC1(C)c2cc(N(c3ccc4c(c3)C(c3ccccc3)(c3ccccc3)c3ccccc3-4)c3ccccc3-c3ccc4c(c3)C(C)(c3ccccc3)c3ccccc3-4)ccc2-c2c1ccc1ccccc21. The maximum atomic E-state index is 2.55. The summed E-state index contributed by atoms with van der Waals surface area (Å²) in [6.45, 7) is 7.22. The van der Waals surface area contributed by atoms with Gasteiger partial charge in [-0.1, -0.05) is 232 Å². The third-order valence-electron chi connectivity index (χ3n) is 16.6. The summed E-state index contributed by atoms with van der Waals surface area (Å²) in [6.07, 6.45) is 0. The van der Waals surface area contributed by atoms with Gasteiger partial charge in [0.15, 0.2) is 0 Å². The number of rotatable bonds is 7. The van der Waals surface area contributed by atoms with Crippen molar-refractivity contribution in [2.45, 2.75) is 37.0 Å². The molecule has 0 N–H and O–H groups in total. The van der Waals surface area contributed by atoms with Gasteiger partial charge in [0, 0.05) is 27.8 Å². The molecule has 0 saturated carbocycles. The highest BCUT2D eigenvalue weighted by atomic mass is 15.1. The zero-order valence-corrected chi connectivity index (χ0v) is 40.2. The standard InChI is InChI=1S/C70H51N/c1-68(2)62-42-36-46-21-13-14-29-54(46)67(62)59-41-38-51(44-63(59)68)71(52-37-40-58-56-31-16-19-33-61(56)70(65(58)45-52,49-24-9-5-10-25-49)50-26-11-6-12-27-50)66-34-20-17-28-53(66)47-35-39-57-55-30-15-18-32-60(55)69(3,64(57)43-47)48-22-7-4-8-23-48/h4-45H,1-3H3. The molecule has 0 amide bonds. The molecule has 1 atom stereocenters. The molecule has 71 heavy (non-hydrogen) atoms. The van der Waals surface area contributed by atoms with Crippen LogP contribution in [0.3, 0.4) is 0 Å². The number of hydrogen-bond acceptors (Lipinski definition) is 1. The zero-order valence-electron chi connectivity index (χ0n) is 40.2. The minimum atomic E-state index is -0.546. The van der Waals surface area contributed by atoms with E-state index in [9.17, 15) is 0 Å². The van der Waals surface area contributed by atoms with Crippen LogP contribution in [0.2, 0.25) is 0 Å². The topological polar surface area (TPSA) is 3.24 Å². The molecule has 0 aliphatic heterocycles. The van der Waals surface area contributed by atoms with Crippen molar-refractivity contribution in [2.75, 3.05) is 4.90 Å². The number of nitrogens with zero attached hydrogens (tertiary/aromatic N) is 1. The van der Waals surface area contributed by atoms with Crippen LogP contribution in [-0.2, 0) is 16.2 Å². The lowest BCUT2D eigenvalue weighted by Crippen LogP contribution is -2.28. The summed E-state index contributed by atoms with van der Waals surface area (Å²) < 4.78 is 0. The summed E-state index contributed by atoms with van der Waals surface area (Å²) in [4.78, 5) is 2.55. The summed E-state index contributed by atoms with van der Waals surface area (Å²) in [5.74, 6) is 0. The van der Waals surface area contributed by atoms with Crippen LogP contribution in [0, 0.1) is 0 Å². The van der Waals surface area contributed by atoms with E-state index in [1.54, 1.807) is 0 Å². The van der Waals surface area contributed by atoms with Crippen molar-refractivity contribution in [1.82, 2.24) is 0 Å². The fraction of sp³-hybridized carbons (Fsp3) is 0.0857. The molecule has 1 heteroatoms. The first kappa shape index (κ1) is 41.5. The maximum absolute atomic E-state index is 2.55. The van der Waals surface area contributed by atoms with Crippen LogP contribution in [0.5, 0.6) is 0 Å². The van der Waals surface area contributed by atoms with Gasteiger partial charge in [-0.25, -0.2) is 0 Å². The van der Waals surface area contributed by atoms with Gasteiger partial charge in [0.25, 0.3) is 0 Å². The van der Waals surface area contributed by atoms with E-state index in [0.29, 0.717) is 0 Å². The largest absolute Gasteiger partial charge is 0.310 e. The van der Waals surface area contributed by atoms with Gasteiger partial charge < -0.3 is 4.90 Å². The van der Waals surface area contributed by atoms with Crippen LogP contribution in [0.4, 0.5) is 17.1 Å². The Bertz CT molecular complexity index is 3880. The Morgan fingerprint density at radius 1 is 0.310 bits per heavy atom. The summed E-state index contributed by atoms with van der Waals surface area (Å²) >= 11 is 0. The third kappa shape index (κ3) is 5.81. The first-order valence-corrected chi connectivity index (χ1v) is 25.1. The Morgan fingerprint density at radius 3 is 1.52 bits per heavy atom. The number of hydrogen-bond donors (Lipinski definition) is 0. The average molecular weight is 906 g/mol. The van der Waals surface area contributed by atoms with Crippen LogP contribution >= 0.6 is 0 Å². The Kier molecular flexibility index (Phi) is 9.05. The molecule has 3 aliphatic rings. The van der Waals surface area contributed by atoms with E-state index < -0.39 is 5.41 Å². The highest BCUT2D eigenvalue weighted by Crippen LogP contribution is 2.59. The summed E-state index contributed by atoms with van der Waals surface area (Å²) in [5.41, 5.74) is 24.3. The fourth-order valence-electron chi connectivity index (χ4n) is 13.3. The first-order chi connectivity index (χ1) is 34.9. The number of fused-ring (bicyclic) bond motifs is 11. The molecular formula is C70H51N. The highest BCUT2D eigenvalue weighted by molar-refractivity contribution is 6.03. The Hall–Kier alpha value is -8.52. The maximum Gasteiger partial charge on any atom is 0.0714 e. The predicted molar refractivity (Wildman–Crippen MR) is 296 cm³/mol. The average Bonchev–Trinajstić information content (AvgIpc) is 3.97. The molecule has 0 spiro atoms. The molecule has 3 aliphatic carbocycles. The van der Waals surface area contributed by atoms with Crippen LogP contribution in [0.25, 0.3) is 55.3 Å². The van der Waals surface area contributed by atoms with E-state index in [4.69, 9.17) is 0 Å². The summed E-state index contributed by atoms with van der Waals surface area (Å²) in [7, 11) is 0. The van der Waals surface area contributed by atoms with Crippen molar-refractivity contribution in [3.63, 3.8) is 0 Å². The molecule has 1 nitrogen and oxygen atoms in total. The van der Waals surface area contributed by atoms with Gasteiger partial charge in [-0.3, -0.25) is 0 Å². The van der Waals surface area contributed by atoms with E-state index in [1.165, 1.54) is 105 Å². The van der Waals surface area contributed by atoms with Crippen LogP contribution < -0.4 is 4.90 Å². The van der Waals surface area contributed by atoms with Crippen molar-refractivity contribution >= 4 is 27.8 Å². The smallest absolute Gasteiger partial charge is 0.0714 e. The Morgan fingerprint density at radius 2 is 0.817 bits per heavy atom. The molecule has 0 saturated heterocycles. The molecule has 11 aromatic rings. The molecule has 0 fully saturated rings. The van der Waals surface area contributed by atoms with Crippen molar-refractivity contribution in [3.8, 4) is 44.5 Å². The van der Waals surface area contributed by atoms with Crippen molar-refractivity contribution in [2.24, 2.45) is 0 Å². The minimum Gasteiger partial charge on any atom is -0.310 e. The third-order valence-corrected chi connectivity index (χ3v) is 16.6. The number of benzene rings is 11. The monoisotopic (exact) mass is 905 g/mol. The van der Waals surface area contributed by atoms with Crippen LogP contribution in [-0.4, -0.2) is 0 Å². The van der Waals surface area contributed by atoms with Gasteiger partial charge in [-0.05, 0) is 143 Å². The fourth-order valence-corrected chi connectivity index (χ4v) is 13.3. The van der Waals surface area contributed by atoms with Gasteiger partial charge in [0.1, 0.15) is 0 Å². The molecule has 14 rings (SSSR count). The Labute approximate surface area is 417 Å². The van der Waals surface area contributed by atoms with Crippen molar-refractivity contribution in [1.29, 1.82) is 0 Å². The van der Waals surface area contributed by atoms with Gasteiger partial charge in [0.2, 0.25) is 0 Å². The van der Waals surface area contributed by atoms with Gasteiger partial charge >= 0.3 is 0 Å². The van der Waals surface area contributed by atoms with E-state index in [1.807, 2.05) is 0 Å². The van der Waals surface area contributed by atoms with Crippen molar-refractivity contribution < 1.29 is 0 Å². The molecule has 0 bridgehead atoms. The lowest BCUT2D eigenvalue weighted by molar-refractivity contribution is 0.661. The van der Waals surface area contributed by atoms with Gasteiger partial charge in [0.05, 0.1) is 11.1 Å². The van der Waals surface area contributed by atoms with E-state index in [2.05, 4.69) is 280 Å². The van der Waals surface area contributed by atoms with Gasteiger partial charge in [-0.2, -0.15) is 0 Å². The quantitative estimate of drug-likeness (QED) is 0.154. The number of anilines is 3.